The molecule has 2 aromatic carbocycles. The Labute approximate surface area is 161 Å². The van der Waals surface area contributed by atoms with Gasteiger partial charge in [-0.25, -0.2) is 0 Å². The highest BCUT2D eigenvalue weighted by molar-refractivity contribution is 5.90. The number of benzene rings is 2. The zero-order valence-electron chi connectivity index (χ0n) is 16.2. The Bertz CT molecular complexity index is 718. The van der Waals surface area contributed by atoms with Crippen LogP contribution in [0.2, 0.25) is 0 Å². The van der Waals surface area contributed by atoms with E-state index in [0.717, 1.165) is 23.6 Å². The molecule has 0 saturated heterocycles. The zero-order valence-corrected chi connectivity index (χ0v) is 16.2. The first kappa shape index (κ1) is 20.9. The van der Waals surface area contributed by atoms with Crippen LogP contribution in [-0.2, 0) is 14.3 Å². The molecule has 0 aliphatic rings. The molecule has 0 aliphatic heterocycles. The average molecular weight is 370 g/mol. The highest BCUT2D eigenvalue weighted by Crippen LogP contribution is 2.25. The second kappa shape index (κ2) is 12.1. The molecule has 4 heteroatoms. The second-order valence-electron chi connectivity index (χ2n) is 6.79. The SMILES string of the molecule is CCCCCCCCOC(=O)CCCC(=O)Oc1cccc2ccccc12. The summed E-state index contributed by atoms with van der Waals surface area (Å²) in [4.78, 5) is 23.8. The number of carbonyl (C=O) groups is 2. The van der Waals surface area contributed by atoms with Gasteiger partial charge in [-0.3, -0.25) is 9.59 Å². The van der Waals surface area contributed by atoms with Crippen molar-refractivity contribution >= 4 is 22.7 Å². The Hall–Kier alpha value is -2.36. The number of fused-ring (bicyclic) bond motifs is 1. The van der Waals surface area contributed by atoms with E-state index in [4.69, 9.17) is 9.47 Å². The second-order valence-corrected chi connectivity index (χ2v) is 6.79. The van der Waals surface area contributed by atoms with Crippen molar-refractivity contribution in [2.75, 3.05) is 6.61 Å². The summed E-state index contributed by atoms with van der Waals surface area (Å²) in [5.41, 5.74) is 0. The summed E-state index contributed by atoms with van der Waals surface area (Å²) in [5.74, 6) is 0.000320. The van der Waals surface area contributed by atoms with Gasteiger partial charge in [0.25, 0.3) is 0 Å². The molecule has 0 heterocycles. The third-order valence-electron chi connectivity index (χ3n) is 4.50. The van der Waals surface area contributed by atoms with Gasteiger partial charge < -0.3 is 9.47 Å². The number of unbranched alkanes of at least 4 members (excludes halogenated alkanes) is 5. The van der Waals surface area contributed by atoms with Crippen molar-refractivity contribution in [2.24, 2.45) is 0 Å². The van der Waals surface area contributed by atoms with E-state index in [0.29, 0.717) is 18.8 Å². The molecule has 0 unspecified atom stereocenters. The molecule has 0 saturated carbocycles. The Morgan fingerprint density at radius 3 is 2.33 bits per heavy atom. The van der Waals surface area contributed by atoms with E-state index < -0.39 is 0 Å². The van der Waals surface area contributed by atoms with E-state index in [2.05, 4.69) is 6.92 Å². The van der Waals surface area contributed by atoms with E-state index in [1.807, 2.05) is 36.4 Å². The molecule has 0 bridgehead atoms. The van der Waals surface area contributed by atoms with Crippen LogP contribution in [0, 0.1) is 0 Å². The maximum absolute atomic E-state index is 12.0. The van der Waals surface area contributed by atoms with Gasteiger partial charge in [-0.05, 0) is 24.3 Å². The van der Waals surface area contributed by atoms with Crippen molar-refractivity contribution in [2.45, 2.75) is 64.7 Å². The standard InChI is InChI=1S/C23H30O4/c1-2-3-4-5-6-9-18-26-22(24)16-11-17-23(25)27-21-15-10-13-19-12-7-8-14-20(19)21/h7-8,10,12-15H,2-6,9,11,16-18H2,1H3. The lowest BCUT2D eigenvalue weighted by Gasteiger charge is -2.08. The number of esters is 2. The number of ether oxygens (including phenoxy) is 2. The average Bonchev–Trinajstić information content (AvgIpc) is 2.67. The number of rotatable bonds is 12. The van der Waals surface area contributed by atoms with Crippen LogP contribution < -0.4 is 4.74 Å². The third kappa shape index (κ3) is 7.81. The molecule has 2 aromatic rings. The van der Waals surface area contributed by atoms with Crippen molar-refractivity contribution < 1.29 is 19.1 Å². The van der Waals surface area contributed by atoms with Crippen LogP contribution in [0.5, 0.6) is 5.75 Å². The van der Waals surface area contributed by atoms with Gasteiger partial charge in [0.05, 0.1) is 6.61 Å². The van der Waals surface area contributed by atoms with Crippen LogP contribution in [0.3, 0.4) is 0 Å². The Kier molecular flexibility index (Phi) is 9.39. The molecule has 0 spiro atoms. The lowest BCUT2D eigenvalue weighted by molar-refractivity contribution is -0.144. The lowest BCUT2D eigenvalue weighted by Crippen LogP contribution is -2.10. The fourth-order valence-electron chi connectivity index (χ4n) is 2.98. The fraction of sp³-hybridized carbons (Fsp3) is 0.478. The first-order valence-electron chi connectivity index (χ1n) is 10.0. The Balaban J connectivity index is 1.61. The van der Waals surface area contributed by atoms with Crippen molar-refractivity contribution in [1.29, 1.82) is 0 Å². The summed E-state index contributed by atoms with van der Waals surface area (Å²) in [6.07, 6.45) is 7.87. The van der Waals surface area contributed by atoms with Crippen LogP contribution in [-0.4, -0.2) is 18.5 Å². The molecule has 0 amide bonds. The predicted octanol–water partition coefficient (Wildman–Crippen LogP) is 5.82. The van der Waals surface area contributed by atoms with Crippen LogP contribution in [0.4, 0.5) is 0 Å². The van der Waals surface area contributed by atoms with Gasteiger partial charge >= 0.3 is 11.9 Å². The van der Waals surface area contributed by atoms with Crippen LogP contribution in [0.1, 0.15) is 64.7 Å². The summed E-state index contributed by atoms with van der Waals surface area (Å²) < 4.78 is 10.7. The molecular formula is C23H30O4. The summed E-state index contributed by atoms with van der Waals surface area (Å²) in [6.45, 7) is 2.67. The first-order valence-corrected chi connectivity index (χ1v) is 10.0. The highest BCUT2D eigenvalue weighted by Gasteiger charge is 2.10. The van der Waals surface area contributed by atoms with Gasteiger partial charge in [-0.15, -0.1) is 0 Å². The molecule has 146 valence electrons. The fourth-order valence-corrected chi connectivity index (χ4v) is 2.98. The largest absolute Gasteiger partial charge is 0.466 e. The Morgan fingerprint density at radius 1 is 0.778 bits per heavy atom. The van der Waals surface area contributed by atoms with Gasteiger partial charge in [0.2, 0.25) is 0 Å². The molecule has 0 aromatic heterocycles. The number of carbonyl (C=O) groups excluding carboxylic acids is 2. The van der Waals surface area contributed by atoms with E-state index in [9.17, 15) is 9.59 Å². The monoisotopic (exact) mass is 370 g/mol. The molecular weight excluding hydrogens is 340 g/mol. The molecule has 27 heavy (non-hydrogen) atoms. The normalized spacial score (nSPS) is 10.7. The minimum Gasteiger partial charge on any atom is -0.466 e. The molecule has 0 fully saturated rings. The summed E-state index contributed by atoms with van der Waals surface area (Å²) >= 11 is 0. The van der Waals surface area contributed by atoms with Crippen LogP contribution >= 0.6 is 0 Å². The van der Waals surface area contributed by atoms with E-state index in [1.54, 1.807) is 6.07 Å². The van der Waals surface area contributed by atoms with Crippen LogP contribution in [0.15, 0.2) is 42.5 Å². The molecule has 4 nitrogen and oxygen atoms in total. The van der Waals surface area contributed by atoms with Crippen LogP contribution in [0.25, 0.3) is 10.8 Å². The molecule has 0 atom stereocenters. The highest BCUT2D eigenvalue weighted by atomic mass is 16.5. The molecule has 2 rings (SSSR count). The number of hydrogen-bond donors (Lipinski definition) is 0. The van der Waals surface area contributed by atoms with Gasteiger partial charge in [0.15, 0.2) is 0 Å². The molecule has 0 N–H and O–H groups in total. The maximum Gasteiger partial charge on any atom is 0.311 e. The lowest BCUT2D eigenvalue weighted by atomic mass is 10.1. The van der Waals surface area contributed by atoms with Gasteiger partial charge in [-0.2, -0.15) is 0 Å². The van der Waals surface area contributed by atoms with Crippen molar-refractivity contribution in [3.63, 3.8) is 0 Å². The predicted molar refractivity (Wildman–Crippen MR) is 108 cm³/mol. The third-order valence-corrected chi connectivity index (χ3v) is 4.50. The zero-order chi connectivity index (χ0) is 19.3. The quantitative estimate of drug-likeness (QED) is 0.268. The van der Waals surface area contributed by atoms with E-state index in [-0.39, 0.29) is 24.8 Å². The minimum atomic E-state index is -0.324. The van der Waals surface area contributed by atoms with E-state index >= 15 is 0 Å². The van der Waals surface area contributed by atoms with Gasteiger partial charge in [0.1, 0.15) is 5.75 Å². The number of hydrogen-bond acceptors (Lipinski definition) is 4. The van der Waals surface area contributed by atoms with Crippen molar-refractivity contribution in [3.8, 4) is 5.75 Å². The summed E-state index contributed by atoms with van der Waals surface area (Å²) in [5, 5.41) is 1.94. The van der Waals surface area contributed by atoms with E-state index in [1.165, 1.54) is 25.7 Å². The van der Waals surface area contributed by atoms with Gasteiger partial charge in [-0.1, -0.05) is 75.4 Å². The van der Waals surface area contributed by atoms with Gasteiger partial charge in [0, 0.05) is 18.2 Å². The topological polar surface area (TPSA) is 52.6 Å². The smallest absolute Gasteiger partial charge is 0.311 e. The minimum absolute atomic E-state index is 0.204. The molecule has 0 aliphatic carbocycles. The first-order chi connectivity index (χ1) is 13.2. The summed E-state index contributed by atoms with van der Waals surface area (Å²) in [6, 6.07) is 13.4. The maximum atomic E-state index is 12.0. The Morgan fingerprint density at radius 2 is 1.48 bits per heavy atom. The van der Waals surface area contributed by atoms with Crippen molar-refractivity contribution in [3.05, 3.63) is 42.5 Å². The molecule has 0 radical (unpaired) electrons. The van der Waals surface area contributed by atoms with Crippen molar-refractivity contribution in [1.82, 2.24) is 0 Å². The summed E-state index contributed by atoms with van der Waals surface area (Å²) in [7, 11) is 0.